The number of anilines is 1. The molecule has 1 atom stereocenters. The number of phenols is 1. The number of phenolic OH excluding ortho intramolecular Hbond substituents is 1. The number of thioether (sulfide) groups is 1. The van der Waals surface area contributed by atoms with E-state index in [-0.39, 0.29) is 11.3 Å². The molecule has 7 heteroatoms. The van der Waals surface area contributed by atoms with Crippen molar-refractivity contribution in [2.75, 3.05) is 5.32 Å². The van der Waals surface area contributed by atoms with Gasteiger partial charge in [-0.3, -0.25) is 9.78 Å². The number of aromatic hydroxyl groups is 1. The first-order chi connectivity index (χ1) is 14.7. The zero-order valence-electron chi connectivity index (χ0n) is 15.9. The first kappa shape index (κ1) is 18.4. The predicted molar refractivity (Wildman–Crippen MR) is 116 cm³/mol. The van der Waals surface area contributed by atoms with Crippen molar-refractivity contribution in [3.8, 4) is 17.0 Å². The van der Waals surface area contributed by atoms with Crippen molar-refractivity contribution in [1.82, 2.24) is 10.1 Å². The van der Waals surface area contributed by atoms with Crippen LogP contribution in [0.1, 0.15) is 17.3 Å². The number of hydrogen-bond acceptors (Lipinski definition) is 5. The van der Waals surface area contributed by atoms with E-state index in [0.29, 0.717) is 16.6 Å². The molecule has 1 aliphatic rings. The van der Waals surface area contributed by atoms with Crippen LogP contribution in [-0.4, -0.2) is 15.2 Å². The molecule has 6 nitrogen and oxygen atoms in total. The Morgan fingerprint density at radius 3 is 2.63 bits per heavy atom. The van der Waals surface area contributed by atoms with Crippen molar-refractivity contribution >= 4 is 17.4 Å². The summed E-state index contributed by atoms with van der Waals surface area (Å²) in [6, 6.07) is 24.7. The average molecular weight is 415 g/mol. The van der Waals surface area contributed by atoms with Gasteiger partial charge in [0.25, 0.3) is 6.17 Å². The number of benzene rings is 3. The van der Waals surface area contributed by atoms with Gasteiger partial charge in [0.1, 0.15) is 5.75 Å². The summed E-state index contributed by atoms with van der Waals surface area (Å²) in [4.78, 5) is 16.0. The second kappa shape index (κ2) is 7.68. The van der Waals surface area contributed by atoms with Gasteiger partial charge in [0.05, 0.1) is 11.3 Å². The van der Waals surface area contributed by atoms with Crippen LogP contribution < -0.4 is 15.6 Å². The van der Waals surface area contributed by atoms with Crippen molar-refractivity contribution in [1.29, 1.82) is 0 Å². The van der Waals surface area contributed by atoms with E-state index in [4.69, 9.17) is 5.10 Å². The normalized spacial score (nSPS) is 14.5. The number of nitrogens with zero attached hydrogens (tertiary/aromatic N) is 2. The van der Waals surface area contributed by atoms with Crippen molar-refractivity contribution in [3.63, 3.8) is 0 Å². The number of hydrogen-bond donors (Lipinski definition) is 3. The van der Waals surface area contributed by atoms with Crippen LogP contribution in [0.25, 0.3) is 11.3 Å². The summed E-state index contributed by atoms with van der Waals surface area (Å²) in [7, 11) is 0. The largest absolute Gasteiger partial charge is 0.508 e. The van der Waals surface area contributed by atoms with Crippen LogP contribution in [0.15, 0.2) is 88.8 Å². The highest BCUT2D eigenvalue weighted by Crippen LogP contribution is 2.32. The smallest absolute Gasteiger partial charge is 0.325 e. The van der Waals surface area contributed by atoms with Gasteiger partial charge in [0.2, 0.25) is 5.16 Å². The first-order valence-corrected chi connectivity index (χ1v) is 10.6. The molecule has 0 saturated heterocycles. The lowest BCUT2D eigenvalue weighted by Crippen LogP contribution is -2.55. The second-order valence-electron chi connectivity index (χ2n) is 7.01. The van der Waals surface area contributed by atoms with Crippen LogP contribution in [0.5, 0.6) is 5.75 Å². The molecule has 3 aromatic carbocycles. The van der Waals surface area contributed by atoms with E-state index in [1.807, 2.05) is 60.7 Å². The lowest BCUT2D eigenvalue weighted by atomic mass is 10.0. The van der Waals surface area contributed by atoms with E-state index >= 15 is 0 Å². The molecule has 0 unspecified atom stereocenters. The van der Waals surface area contributed by atoms with Crippen LogP contribution in [0.4, 0.5) is 5.69 Å². The Bertz CT molecular complexity index is 1270. The van der Waals surface area contributed by atoms with Crippen LogP contribution in [0.3, 0.4) is 0 Å². The Labute approximate surface area is 177 Å². The van der Waals surface area contributed by atoms with Gasteiger partial charge in [-0.1, -0.05) is 60.3 Å². The fourth-order valence-electron chi connectivity index (χ4n) is 3.60. The third-order valence-corrected chi connectivity index (χ3v) is 5.92. The molecule has 0 saturated carbocycles. The third kappa shape index (κ3) is 3.44. The van der Waals surface area contributed by atoms with Crippen molar-refractivity contribution in [3.05, 3.63) is 100 Å². The minimum atomic E-state index is -0.416. The Balaban J connectivity index is 1.61. The summed E-state index contributed by atoms with van der Waals surface area (Å²) < 4.78 is 1.71. The highest BCUT2D eigenvalue weighted by Gasteiger charge is 2.37. The van der Waals surface area contributed by atoms with Crippen LogP contribution >= 0.6 is 11.8 Å². The second-order valence-corrected chi connectivity index (χ2v) is 7.98. The lowest BCUT2D eigenvalue weighted by molar-refractivity contribution is -0.759. The van der Waals surface area contributed by atoms with Gasteiger partial charge in [-0.15, -0.1) is 0 Å². The fraction of sp³-hybridized carbons (Fsp3) is 0.0870. The quantitative estimate of drug-likeness (QED) is 0.350. The Hall–Kier alpha value is -3.58. The van der Waals surface area contributed by atoms with Gasteiger partial charge in [-0.05, 0) is 40.6 Å². The topological polar surface area (TPSA) is 81.9 Å². The van der Waals surface area contributed by atoms with E-state index in [1.165, 1.54) is 11.8 Å². The van der Waals surface area contributed by atoms with Crippen molar-refractivity contribution < 1.29 is 9.79 Å². The molecule has 2 heterocycles. The van der Waals surface area contributed by atoms with Crippen LogP contribution in [0, 0.1) is 0 Å². The molecule has 148 valence electrons. The number of para-hydroxylation sites is 1. The molecule has 0 fully saturated rings. The molecule has 3 N–H and O–H groups in total. The van der Waals surface area contributed by atoms with E-state index in [2.05, 4.69) is 10.3 Å². The molecule has 0 spiro atoms. The lowest BCUT2D eigenvalue weighted by Gasteiger charge is -2.22. The number of aromatic amines is 1. The molecule has 0 bridgehead atoms. The van der Waals surface area contributed by atoms with E-state index < -0.39 is 6.17 Å². The molecule has 0 amide bonds. The highest BCUT2D eigenvalue weighted by atomic mass is 32.2. The summed E-state index contributed by atoms with van der Waals surface area (Å²) in [5.74, 6) is 0.864. The predicted octanol–water partition coefficient (Wildman–Crippen LogP) is 3.69. The zero-order chi connectivity index (χ0) is 20.5. The first-order valence-electron chi connectivity index (χ1n) is 9.57. The molecule has 0 radical (unpaired) electrons. The van der Waals surface area contributed by atoms with Crippen LogP contribution in [-0.2, 0) is 5.75 Å². The summed E-state index contributed by atoms with van der Waals surface area (Å²) in [6.45, 7) is 0. The number of fused-ring (bicyclic) bond motifs is 3. The van der Waals surface area contributed by atoms with Gasteiger partial charge in [-0.25, -0.2) is 0 Å². The Morgan fingerprint density at radius 1 is 1.00 bits per heavy atom. The molecule has 4 aromatic rings. The molecular weight excluding hydrogens is 396 g/mol. The summed E-state index contributed by atoms with van der Waals surface area (Å²) in [5.41, 5.74) is 3.90. The molecule has 30 heavy (non-hydrogen) atoms. The maximum Gasteiger partial charge on any atom is 0.325 e. The summed E-state index contributed by atoms with van der Waals surface area (Å²) in [6.07, 6.45) is -0.416. The fourth-order valence-corrected chi connectivity index (χ4v) is 4.41. The van der Waals surface area contributed by atoms with Crippen molar-refractivity contribution in [2.45, 2.75) is 17.1 Å². The van der Waals surface area contributed by atoms with Gasteiger partial charge in [-0.2, -0.15) is 0 Å². The SMILES string of the molecule is O=c1[nH]c(SCc2ccccc2)n[n+]2c1-c1ccccc1N[C@H]2c1cccc(O)c1. The van der Waals surface area contributed by atoms with E-state index in [9.17, 15) is 9.90 Å². The van der Waals surface area contributed by atoms with Gasteiger partial charge >= 0.3 is 11.3 Å². The van der Waals surface area contributed by atoms with Crippen molar-refractivity contribution in [2.24, 2.45) is 0 Å². The Kier molecular flexibility index (Phi) is 4.72. The molecule has 1 aliphatic heterocycles. The number of nitrogens with one attached hydrogen (secondary N) is 2. The molecule has 1 aromatic heterocycles. The number of rotatable bonds is 4. The van der Waals surface area contributed by atoms with Gasteiger partial charge in [0.15, 0.2) is 0 Å². The van der Waals surface area contributed by atoms with Gasteiger partial charge in [0, 0.05) is 16.4 Å². The number of H-pyrrole nitrogens is 1. The maximum absolute atomic E-state index is 13.1. The zero-order valence-corrected chi connectivity index (χ0v) is 16.8. The highest BCUT2D eigenvalue weighted by molar-refractivity contribution is 7.98. The van der Waals surface area contributed by atoms with Crippen LogP contribution in [0.2, 0.25) is 0 Å². The monoisotopic (exact) mass is 415 g/mol. The van der Waals surface area contributed by atoms with Gasteiger partial charge < -0.3 is 10.4 Å². The van der Waals surface area contributed by atoms with E-state index in [0.717, 1.165) is 22.4 Å². The third-order valence-electron chi connectivity index (χ3n) is 4.99. The Morgan fingerprint density at radius 2 is 1.80 bits per heavy atom. The summed E-state index contributed by atoms with van der Waals surface area (Å²) in [5, 5.41) is 18.7. The van der Waals surface area contributed by atoms with E-state index in [1.54, 1.807) is 22.9 Å². The molecule has 5 rings (SSSR count). The maximum atomic E-state index is 13.1. The standard InChI is InChI=1S/C23H18N4O2S/c28-17-10-6-9-16(13-17)21-24-19-12-5-4-11-18(19)20-22(29)25-23(26-27(20)21)30-14-15-7-2-1-3-8-15/h1-13,21H,14H2,(H2,25,26,28,29)/p+1/t21-/m1/s1. The molecular formula is C23H19N4O2S+. The number of aromatic nitrogens is 3. The summed E-state index contributed by atoms with van der Waals surface area (Å²) >= 11 is 1.48. The minimum absolute atomic E-state index is 0.166. The molecule has 0 aliphatic carbocycles. The average Bonchev–Trinajstić information content (AvgIpc) is 2.77. The minimum Gasteiger partial charge on any atom is -0.508 e.